The molecule has 3 rings (SSSR count). The quantitative estimate of drug-likeness (QED) is 0.273. The average molecular weight is 499 g/mol. The van der Waals surface area contributed by atoms with Crippen LogP contribution in [0.3, 0.4) is 0 Å². The molecule has 2 heterocycles. The van der Waals surface area contributed by atoms with Crippen molar-refractivity contribution in [1.29, 1.82) is 0 Å². The Balaban J connectivity index is 0.00000280. The molecule has 1 amide bonds. The van der Waals surface area contributed by atoms with Gasteiger partial charge in [-0.15, -0.1) is 24.0 Å². The molecule has 156 valence electrons. The van der Waals surface area contributed by atoms with Crippen LogP contribution in [0.15, 0.2) is 29.3 Å². The number of nitrogens with two attached hydrogens (primary N) is 1. The normalized spacial score (nSPS) is 20.2. The van der Waals surface area contributed by atoms with Crippen molar-refractivity contribution in [3.8, 4) is 0 Å². The first-order valence-electron chi connectivity index (χ1n) is 10.2. The van der Waals surface area contributed by atoms with E-state index >= 15 is 0 Å². The summed E-state index contributed by atoms with van der Waals surface area (Å²) in [6.07, 6.45) is 4.89. The van der Waals surface area contributed by atoms with Gasteiger partial charge in [-0.05, 0) is 42.7 Å². The van der Waals surface area contributed by atoms with Crippen LogP contribution in [0.2, 0.25) is 0 Å². The Morgan fingerprint density at radius 3 is 2.82 bits per heavy atom. The average Bonchev–Trinajstić information content (AvgIpc) is 2.67. The van der Waals surface area contributed by atoms with Gasteiger partial charge in [-0.1, -0.05) is 24.3 Å². The van der Waals surface area contributed by atoms with Crippen molar-refractivity contribution in [1.82, 2.24) is 15.1 Å². The number of hydrogen-bond acceptors (Lipinski definition) is 3. The third-order valence-corrected chi connectivity index (χ3v) is 5.66. The Morgan fingerprint density at radius 2 is 2.07 bits per heavy atom. The highest BCUT2D eigenvalue weighted by atomic mass is 127. The van der Waals surface area contributed by atoms with Crippen molar-refractivity contribution in [3.63, 3.8) is 0 Å². The molecule has 0 aliphatic carbocycles. The van der Waals surface area contributed by atoms with Crippen LogP contribution in [0.4, 0.5) is 0 Å². The highest BCUT2D eigenvalue weighted by molar-refractivity contribution is 14.0. The molecule has 2 aliphatic rings. The topological polar surface area (TPSA) is 74.0 Å². The number of guanidine groups is 1. The number of fused-ring (bicyclic) bond motifs is 1. The standard InChI is InChI=1S/C21H33N5O.HI/c1-23-21(26-12-4-6-17(15-26)14-20(22)27)24-10-5-11-25-13-9-18-7-2-3-8-19(18)16-25;/h2-3,7-8,17H,4-6,9-16H2,1H3,(H2,22,27)(H,23,24);1H. The van der Waals surface area contributed by atoms with Crippen LogP contribution in [-0.2, 0) is 17.8 Å². The predicted molar refractivity (Wildman–Crippen MR) is 125 cm³/mol. The third kappa shape index (κ3) is 6.62. The van der Waals surface area contributed by atoms with Gasteiger partial charge in [0.1, 0.15) is 0 Å². The van der Waals surface area contributed by atoms with E-state index < -0.39 is 0 Å². The number of piperidine rings is 1. The maximum atomic E-state index is 11.2. The van der Waals surface area contributed by atoms with Gasteiger partial charge in [0, 0.05) is 52.7 Å². The van der Waals surface area contributed by atoms with Gasteiger partial charge in [0.05, 0.1) is 0 Å². The van der Waals surface area contributed by atoms with Crippen molar-refractivity contribution in [3.05, 3.63) is 35.4 Å². The summed E-state index contributed by atoms with van der Waals surface area (Å²) in [5, 5.41) is 3.50. The zero-order chi connectivity index (χ0) is 19.1. The van der Waals surface area contributed by atoms with E-state index in [4.69, 9.17) is 5.73 Å². The Bertz CT molecular complexity index is 666. The number of carbonyl (C=O) groups is 1. The first-order valence-corrected chi connectivity index (χ1v) is 10.2. The molecule has 3 N–H and O–H groups in total. The molecule has 1 aromatic carbocycles. The number of amides is 1. The van der Waals surface area contributed by atoms with Crippen LogP contribution in [0.25, 0.3) is 0 Å². The fourth-order valence-electron chi connectivity index (χ4n) is 4.29. The SMILES string of the molecule is CN=C(NCCCN1CCc2ccccc2C1)N1CCCC(CC(N)=O)C1.I. The van der Waals surface area contributed by atoms with Gasteiger partial charge in [0.2, 0.25) is 5.91 Å². The van der Waals surface area contributed by atoms with Gasteiger partial charge in [-0.3, -0.25) is 14.7 Å². The number of nitrogens with one attached hydrogen (secondary N) is 1. The summed E-state index contributed by atoms with van der Waals surface area (Å²) in [6, 6.07) is 8.78. The molecule has 1 atom stereocenters. The number of benzene rings is 1. The van der Waals surface area contributed by atoms with Gasteiger partial charge in [0.15, 0.2) is 5.96 Å². The lowest BCUT2D eigenvalue weighted by Gasteiger charge is -2.35. The van der Waals surface area contributed by atoms with Crippen LogP contribution in [-0.4, -0.2) is 61.4 Å². The summed E-state index contributed by atoms with van der Waals surface area (Å²) in [5.41, 5.74) is 8.34. The Morgan fingerprint density at radius 1 is 1.29 bits per heavy atom. The van der Waals surface area contributed by atoms with E-state index in [1.807, 2.05) is 7.05 Å². The van der Waals surface area contributed by atoms with Gasteiger partial charge in [-0.25, -0.2) is 0 Å². The second-order valence-electron chi connectivity index (χ2n) is 7.75. The van der Waals surface area contributed by atoms with Crippen LogP contribution >= 0.6 is 24.0 Å². The molecule has 0 spiro atoms. The van der Waals surface area contributed by atoms with Gasteiger partial charge in [-0.2, -0.15) is 0 Å². The molecule has 28 heavy (non-hydrogen) atoms. The summed E-state index contributed by atoms with van der Waals surface area (Å²) in [5.74, 6) is 1.10. The summed E-state index contributed by atoms with van der Waals surface area (Å²) in [7, 11) is 1.83. The smallest absolute Gasteiger partial charge is 0.217 e. The van der Waals surface area contributed by atoms with E-state index in [-0.39, 0.29) is 29.9 Å². The minimum Gasteiger partial charge on any atom is -0.370 e. The first-order chi connectivity index (χ1) is 13.2. The van der Waals surface area contributed by atoms with Crippen molar-refractivity contribution < 1.29 is 4.79 Å². The van der Waals surface area contributed by atoms with E-state index in [2.05, 4.69) is 44.4 Å². The molecular formula is C21H34IN5O. The van der Waals surface area contributed by atoms with Gasteiger partial charge in [0.25, 0.3) is 0 Å². The Kier molecular flexibility index (Phi) is 9.50. The maximum absolute atomic E-state index is 11.2. The molecule has 0 aromatic heterocycles. The molecule has 6 nitrogen and oxygen atoms in total. The first kappa shape index (κ1) is 22.9. The van der Waals surface area contributed by atoms with Crippen molar-refractivity contribution >= 4 is 35.8 Å². The lowest BCUT2D eigenvalue weighted by molar-refractivity contribution is -0.119. The molecule has 1 fully saturated rings. The fraction of sp³-hybridized carbons (Fsp3) is 0.619. The zero-order valence-electron chi connectivity index (χ0n) is 16.9. The summed E-state index contributed by atoms with van der Waals surface area (Å²) < 4.78 is 0. The number of halogens is 1. The second-order valence-corrected chi connectivity index (χ2v) is 7.75. The van der Waals surface area contributed by atoms with Crippen molar-refractivity contribution in [2.24, 2.45) is 16.6 Å². The van der Waals surface area contributed by atoms with Crippen molar-refractivity contribution in [2.45, 2.75) is 38.6 Å². The number of hydrogen-bond donors (Lipinski definition) is 2. The fourth-order valence-corrected chi connectivity index (χ4v) is 4.29. The summed E-state index contributed by atoms with van der Waals surface area (Å²) in [6.45, 7) is 6.09. The monoisotopic (exact) mass is 499 g/mol. The lowest BCUT2D eigenvalue weighted by atomic mass is 9.95. The molecule has 0 bridgehead atoms. The van der Waals surface area contributed by atoms with Crippen LogP contribution in [0.1, 0.15) is 36.8 Å². The Labute approximate surface area is 186 Å². The minimum atomic E-state index is -0.201. The molecule has 1 aromatic rings. The number of aliphatic imine (C=N–C) groups is 1. The van der Waals surface area contributed by atoms with Crippen LogP contribution in [0, 0.1) is 5.92 Å². The van der Waals surface area contributed by atoms with Crippen molar-refractivity contribution in [2.75, 3.05) is 39.8 Å². The number of nitrogens with zero attached hydrogens (tertiary/aromatic N) is 3. The van der Waals surface area contributed by atoms with Crippen LogP contribution in [0.5, 0.6) is 0 Å². The van der Waals surface area contributed by atoms with Crippen LogP contribution < -0.4 is 11.1 Å². The summed E-state index contributed by atoms with van der Waals surface area (Å²) in [4.78, 5) is 20.5. The molecule has 1 saturated heterocycles. The third-order valence-electron chi connectivity index (χ3n) is 5.66. The summed E-state index contributed by atoms with van der Waals surface area (Å²) >= 11 is 0. The number of rotatable bonds is 6. The highest BCUT2D eigenvalue weighted by Gasteiger charge is 2.23. The Hall–Kier alpha value is -1.35. The molecule has 0 radical (unpaired) electrons. The molecule has 7 heteroatoms. The van der Waals surface area contributed by atoms with E-state index in [0.717, 1.165) is 70.9 Å². The van der Waals surface area contributed by atoms with E-state index in [9.17, 15) is 4.79 Å². The predicted octanol–water partition coefficient (Wildman–Crippen LogP) is 2.22. The molecule has 2 aliphatic heterocycles. The second kappa shape index (κ2) is 11.6. The number of primary amides is 1. The molecule has 0 saturated carbocycles. The van der Waals surface area contributed by atoms with E-state index in [0.29, 0.717) is 12.3 Å². The van der Waals surface area contributed by atoms with E-state index in [1.165, 1.54) is 11.1 Å². The van der Waals surface area contributed by atoms with Gasteiger partial charge < -0.3 is 16.0 Å². The lowest BCUT2D eigenvalue weighted by Crippen LogP contribution is -2.47. The number of likely N-dealkylation sites (tertiary alicyclic amines) is 1. The zero-order valence-corrected chi connectivity index (χ0v) is 19.2. The molecule has 1 unspecified atom stereocenters. The maximum Gasteiger partial charge on any atom is 0.217 e. The van der Waals surface area contributed by atoms with Gasteiger partial charge >= 0.3 is 0 Å². The minimum absolute atomic E-state index is 0. The molecular weight excluding hydrogens is 465 g/mol. The highest BCUT2D eigenvalue weighted by Crippen LogP contribution is 2.20. The van der Waals surface area contributed by atoms with E-state index in [1.54, 1.807) is 0 Å². The largest absolute Gasteiger partial charge is 0.370 e. The number of carbonyl (C=O) groups excluding carboxylic acids is 1.